The summed E-state index contributed by atoms with van der Waals surface area (Å²) in [6.45, 7) is 1.68. The molecule has 0 aliphatic heterocycles. The topological polar surface area (TPSA) is 75.6 Å². The van der Waals surface area contributed by atoms with Crippen molar-refractivity contribution < 1.29 is 19.4 Å². The predicted molar refractivity (Wildman–Crippen MR) is 82.7 cm³/mol. The van der Waals surface area contributed by atoms with E-state index in [4.69, 9.17) is 9.84 Å². The second kappa shape index (κ2) is 7.26. The van der Waals surface area contributed by atoms with Gasteiger partial charge in [-0.05, 0) is 24.6 Å². The molecule has 2 rings (SSSR count). The van der Waals surface area contributed by atoms with Gasteiger partial charge in [-0.1, -0.05) is 42.5 Å². The molecule has 1 atom stereocenters. The van der Waals surface area contributed by atoms with Crippen LogP contribution in [0.15, 0.2) is 54.6 Å². The average Bonchev–Trinajstić information content (AvgIpc) is 2.54. The molecule has 0 radical (unpaired) electrons. The molecule has 2 aromatic carbocycles. The fourth-order valence-electron chi connectivity index (χ4n) is 1.88. The van der Waals surface area contributed by atoms with E-state index in [0.29, 0.717) is 11.3 Å². The predicted octanol–water partition coefficient (Wildman–Crippen LogP) is 2.93. The van der Waals surface area contributed by atoms with Crippen molar-refractivity contribution in [3.63, 3.8) is 0 Å². The maximum Gasteiger partial charge on any atom is 0.340 e. The first-order chi connectivity index (χ1) is 10.6. The number of nitrogens with one attached hydrogen (secondary N) is 1. The Hall–Kier alpha value is -2.82. The maximum absolute atomic E-state index is 12.2. The molecule has 0 bridgehead atoms. The second-order valence-corrected chi connectivity index (χ2v) is 4.81. The third-order valence-corrected chi connectivity index (χ3v) is 3.10. The number of rotatable bonds is 6. The van der Waals surface area contributed by atoms with Crippen molar-refractivity contribution in [3.05, 3.63) is 65.7 Å². The summed E-state index contributed by atoms with van der Waals surface area (Å²) in [5.74, 6) is -1.49. The minimum atomic E-state index is -0.993. The Bertz CT molecular complexity index is 655. The van der Waals surface area contributed by atoms with Crippen LogP contribution >= 0.6 is 0 Å². The van der Waals surface area contributed by atoms with Gasteiger partial charge < -0.3 is 15.2 Å². The Morgan fingerprint density at radius 2 is 1.73 bits per heavy atom. The molecular weight excluding hydrogens is 282 g/mol. The number of hydrogen-bond donors (Lipinski definition) is 2. The number of benzene rings is 2. The number of carbonyl (C=O) groups excluding carboxylic acids is 1. The Morgan fingerprint density at radius 3 is 2.41 bits per heavy atom. The standard InChI is InChI=1S/C17H17NO4/c1-12(16(19)20)18-15-10-6-5-9-14(15)17(21)22-11-13-7-3-2-4-8-13/h2-10,12,18H,11H2,1H3,(H,19,20)/t12-/m0/s1. The second-order valence-electron chi connectivity index (χ2n) is 4.81. The molecule has 2 N–H and O–H groups in total. The Morgan fingerprint density at radius 1 is 1.09 bits per heavy atom. The van der Waals surface area contributed by atoms with Crippen LogP contribution in [0, 0.1) is 0 Å². The lowest BCUT2D eigenvalue weighted by molar-refractivity contribution is -0.137. The molecule has 0 fully saturated rings. The lowest BCUT2D eigenvalue weighted by Gasteiger charge is -2.14. The van der Waals surface area contributed by atoms with Crippen LogP contribution in [0.3, 0.4) is 0 Å². The van der Waals surface area contributed by atoms with Crippen LogP contribution in [0.4, 0.5) is 5.69 Å². The Labute approximate surface area is 128 Å². The number of carboxylic acids is 1. The summed E-state index contributed by atoms with van der Waals surface area (Å²) < 4.78 is 5.27. The van der Waals surface area contributed by atoms with Crippen LogP contribution < -0.4 is 5.32 Å². The zero-order valence-corrected chi connectivity index (χ0v) is 12.2. The molecule has 0 aliphatic carbocycles. The molecule has 0 aliphatic rings. The van der Waals surface area contributed by atoms with Gasteiger partial charge in [-0.15, -0.1) is 0 Å². The van der Waals surface area contributed by atoms with Crippen molar-refractivity contribution in [1.29, 1.82) is 0 Å². The highest BCUT2D eigenvalue weighted by Crippen LogP contribution is 2.18. The van der Waals surface area contributed by atoms with Gasteiger partial charge in [0.05, 0.1) is 5.56 Å². The minimum Gasteiger partial charge on any atom is -0.480 e. The number of carbonyl (C=O) groups is 2. The number of esters is 1. The normalized spacial score (nSPS) is 11.5. The molecule has 22 heavy (non-hydrogen) atoms. The first-order valence-corrected chi connectivity index (χ1v) is 6.87. The van der Waals surface area contributed by atoms with Crippen molar-refractivity contribution >= 4 is 17.6 Å². The highest BCUT2D eigenvalue weighted by Gasteiger charge is 2.16. The molecular formula is C17H17NO4. The number of anilines is 1. The van der Waals surface area contributed by atoms with Gasteiger partial charge in [0.1, 0.15) is 12.6 Å². The summed E-state index contributed by atoms with van der Waals surface area (Å²) in [5, 5.41) is 11.7. The Balaban J connectivity index is 2.07. The molecule has 0 aromatic heterocycles. The number of carboxylic acid groups (broad SMARTS) is 1. The van der Waals surface area contributed by atoms with Crippen LogP contribution in [0.25, 0.3) is 0 Å². The molecule has 0 heterocycles. The SMILES string of the molecule is C[C@H](Nc1ccccc1C(=O)OCc1ccccc1)C(=O)O. The van der Waals surface area contributed by atoms with Crippen molar-refractivity contribution in [2.24, 2.45) is 0 Å². The van der Waals surface area contributed by atoms with Gasteiger partial charge in [0.15, 0.2) is 0 Å². The summed E-state index contributed by atoms with van der Waals surface area (Å²) in [5.41, 5.74) is 1.64. The number of hydrogen-bond acceptors (Lipinski definition) is 4. The van der Waals surface area contributed by atoms with E-state index in [0.717, 1.165) is 5.56 Å². The minimum absolute atomic E-state index is 0.169. The smallest absolute Gasteiger partial charge is 0.340 e. The number of aliphatic carboxylic acids is 1. The van der Waals surface area contributed by atoms with E-state index in [1.54, 1.807) is 24.3 Å². The lowest BCUT2D eigenvalue weighted by Crippen LogP contribution is -2.26. The van der Waals surface area contributed by atoms with Crippen LogP contribution in [-0.2, 0) is 16.1 Å². The van der Waals surface area contributed by atoms with Crippen LogP contribution in [-0.4, -0.2) is 23.1 Å². The molecule has 114 valence electrons. The Kier molecular flexibility index (Phi) is 5.14. The molecule has 0 saturated heterocycles. The van der Waals surface area contributed by atoms with Crippen LogP contribution in [0.1, 0.15) is 22.8 Å². The summed E-state index contributed by atoms with van der Waals surface area (Å²) in [6, 6.07) is 15.2. The highest BCUT2D eigenvalue weighted by atomic mass is 16.5. The molecule has 5 nitrogen and oxygen atoms in total. The van der Waals surface area contributed by atoms with Gasteiger partial charge in [0, 0.05) is 5.69 Å². The van der Waals surface area contributed by atoms with Crippen LogP contribution in [0.5, 0.6) is 0 Å². The monoisotopic (exact) mass is 299 g/mol. The van der Waals surface area contributed by atoms with Gasteiger partial charge in [-0.3, -0.25) is 4.79 Å². The fraction of sp³-hybridized carbons (Fsp3) is 0.176. The zero-order chi connectivity index (χ0) is 15.9. The van der Waals surface area contributed by atoms with Crippen LogP contribution in [0.2, 0.25) is 0 Å². The molecule has 2 aromatic rings. The summed E-state index contributed by atoms with van der Waals surface area (Å²) in [4.78, 5) is 23.1. The third kappa shape index (κ3) is 4.09. The highest BCUT2D eigenvalue weighted by molar-refractivity contribution is 5.96. The van der Waals surface area contributed by atoms with E-state index in [1.807, 2.05) is 30.3 Å². The molecule has 0 saturated carbocycles. The van der Waals surface area contributed by atoms with E-state index in [9.17, 15) is 9.59 Å². The van der Waals surface area contributed by atoms with Gasteiger partial charge in [-0.2, -0.15) is 0 Å². The molecule has 0 spiro atoms. The first kappa shape index (κ1) is 15.6. The lowest BCUT2D eigenvalue weighted by atomic mass is 10.1. The van der Waals surface area contributed by atoms with Crippen molar-refractivity contribution in [1.82, 2.24) is 0 Å². The average molecular weight is 299 g/mol. The largest absolute Gasteiger partial charge is 0.480 e. The molecule has 5 heteroatoms. The third-order valence-electron chi connectivity index (χ3n) is 3.10. The summed E-state index contributed by atoms with van der Waals surface area (Å²) in [6.07, 6.45) is 0. The van der Waals surface area contributed by atoms with E-state index in [-0.39, 0.29) is 6.61 Å². The molecule has 0 unspecified atom stereocenters. The number of para-hydroxylation sites is 1. The fourth-order valence-corrected chi connectivity index (χ4v) is 1.88. The number of ether oxygens (including phenoxy) is 1. The van der Waals surface area contributed by atoms with Gasteiger partial charge in [0.25, 0.3) is 0 Å². The van der Waals surface area contributed by atoms with Crippen molar-refractivity contribution in [2.75, 3.05) is 5.32 Å². The van der Waals surface area contributed by atoms with Gasteiger partial charge >= 0.3 is 11.9 Å². The van der Waals surface area contributed by atoms with E-state index < -0.39 is 18.0 Å². The van der Waals surface area contributed by atoms with Gasteiger partial charge in [-0.25, -0.2) is 4.79 Å². The molecule has 0 amide bonds. The summed E-state index contributed by atoms with van der Waals surface area (Å²) >= 11 is 0. The van der Waals surface area contributed by atoms with E-state index in [2.05, 4.69) is 5.32 Å². The van der Waals surface area contributed by atoms with Crippen molar-refractivity contribution in [2.45, 2.75) is 19.6 Å². The van der Waals surface area contributed by atoms with E-state index >= 15 is 0 Å². The van der Waals surface area contributed by atoms with Gasteiger partial charge in [0.2, 0.25) is 0 Å². The first-order valence-electron chi connectivity index (χ1n) is 6.87. The van der Waals surface area contributed by atoms with Crippen molar-refractivity contribution in [3.8, 4) is 0 Å². The quantitative estimate of drug-likeness (QED) is 0.802. The van der Waals surface area contributed by atoms with E-state index in [1.165, 1.54) is 6.92 Å². The zero-order valence-electron chi connectivity index (χ0n) is 12.2. The maximum atomic E-state index is 12.2. The summed E-state index contributed by atoms with van der Waals surface area (Å²) in [7, 11) is 0.